The Bertz CT molecular complexity index is 604. The summed E-state index contributed by atoms with van der Waals surface area (Å²) in [5.41, 5.74) is 4.13. The van der Waals surface area contributed by atoms with Gasteiger partial charge in [0.2, 0.25) is 5.91 Å². The molecule has 0 bridgehead atoms. The van der Waals surface area contributed by atoms with Crippen molar-refractivity contribution >= 4 is 5.91 Å². The normalized spacial score (nSPS) is 12.2. The Morgan fingerprint density at radius 1 is 1.40 bits per heavy atom. The molecule has 0 saturated carbocycles. The second-order valence-corrected chi connectivity index (χ2v) is 5.03. The number of pyridine rings is 1. The number of carbonyl (C=O) groups excluding carboxylic acids is 1. The van der Waals surface area contributed by atoms with Gasteiger partial charge in [0.05, 0.1) is 11.7 Å². The summed E-state index contributed by atoms with van der Waals surface area (Å²) >= 11 is 0. The van der Waals surface area contributed by atoms with Gasteiger partial charge in [0.25, 0.3) is 0 Å². The Morgan fingerprint density at radius 3 is 2.70 bits per heavy atom. The molecule has 0 saturated heterocycles. The van der Waals surface area contributed by atoms with Crippen LogP contribution in [0.15, 0.2) is 24.5 Å². The van der Waals surface area contributed by atoms with Crippen molar-refractivity contribution in [2.45, 2.75) is 40.3 Å². The lowest BCUT2D eigenvalue weighted by Crippen LogP contribution is -2.30. The molecule has 1 N–H and O–H groups in total. The third-order valence-corrected chi connectivity index (χ3v) is 3.60. The van der Waals surface area contributed by atoms with Crippen molar-refractivity contribution in [2.75, 3.05) is 0 Å². The summed E-state index contributed by atoms with van der Waals surface area (Å²) in [4.78, 5) is 16.1. The van der Waals surface area contributed by atoms with Crippen molar-refractivity contribution in [3.63, 3.8) is 0 Å². The molecule has 0 aliphatic heterocycles. The summed E-state index contributed by atoms with van der Waals surface area (Å²) in [6.45, 7) is 8.14. The molecule has 0 unspecified atom stereocenters. The predicted octanol–water partition coefficient (Wildman–Crippen LogP) is 2.08. The van der Waals surface area contributed by atoms with Crippen molar-refractivity contribution < 1.29 is 4.79 Å². The summed E-state index contributed by atoms with van der Waals surface area (Å²) in [5, 5.41) is 7.33. The third kappa shape index (κ3) is 3.04. The number of aromatic nitrogens is 3. The summed E-state index contributed by atoms with van der Waals surface area (Å²) in [7, 11) is 0. The van der Waals surface area contributed by atoms with Crippen LogP contribution in [-0.2, 0) is 11.3 Å². The molecular weight excluding hydrogens is 252 g/mol. The first-order valence-corrected chi connectivity index (χ1v) is 6.69. The van der Waals surface area contributed by atoms with E-state index in [9.17, 15) is 4.79 Å². The number of hydrogen-bond acceptors (Lipinski definition) is 3. The first-order valence-electron chi connectivity index (χ1n) is 6.69. The summed E-state index contributed by atoms with van der Waals surface area (Å²) in [6, 6.07) is 3.75. The smallest absolute Gasteiger partial charge is 0.242 e. The standard InChI is InChI=1S/C15H20N4O/c1-10-11(2)18-19(13(10)4)9-15(20)17-12(3)14-6-5-7-16-8-14/h5-8,12H,9H2,1-4H3,(H,17,20)/t12-/m1/s1. The van der Waals surface area contributed by atoms with Gasteiger partial charge < -0.3 is 5.32 Å². The van der Waals surface area contributed by atoms with Crippen LogP contribution in [0.1, 0.15) is 35.5 Å². The van der Waals surface area contributed by atoms with Crippen molar-refractivity contribution in [3.8, 4) is 0 Å². The van der Waals surface area contributed by atoms with Crippen molar-refractivity contribution in [2.24, 2.45) is 0 Å². The molecule has 106 valence electrons. The maximum atomic E-state index is 12.1. The van der Waals surface area contributed by atoms with Gasteiger partial charge >= 0.3 is 0 Å². The molecule has 20 heavy (non-hydrogen) atoms. The molecule has 0 aliphatic rings. The highest BCUT2D eigenvalue weighted by molar-refractivity contribution is 5.76. The third-order valence-electron chi connectivity index (χ3n) is 3.60. The molecule has 5 heteroatoms. The lowest BCUT2D eigenvalue weighted by atomic mass is 10.1. The van der Waals surface area contributed by atoms with Crippen molar-refractivity contribution in [1.82, 2.24) is 20.1 Å². The molecule has 0 aliphatic carbocycles. The van der Waals surface area contributed by atoms with E-state index in [-0.39, 0.29) is 18.5 Å². The number of rotatable bonds is 4. The zero-order chi connectivity index (χ0) is 14.7. The Labute approximate surface area is 119 Å². The van der Waals surface area contributed by atoms with Crippen LogP contribution in [-0.4, -0.2) is 20.7 Å². The minimum Gasteiger partial charge on any atom is -0.348 e. The van der Waals surface area contributed by atoms with Gasteiger partial charge in [-0.1, -0.05) is 6.07 Å². The van der Waals surface area contributed by atoms with Gasteiger partial charge in [-0.3, -0.25) is 14.5 Å². The van der Waals surface area contributed by atoms with Crippen LogP contribution in [0.25, 0.3) is 0 Å². The Balaban J connectivity index is 2.01. The van der Waals surface area contributed by atoms with E-state index in [0.717, 1.165) is 22.5 Å². The average Bonchev–Trinajstić information content (AvgIpc) is 2.67. The van der Waals surface area contributed by atoms with E-state index in [4.69, 9.17) is 0 Å². The van der Waals surface area contributed by atoms with Crippen LogP contribution in [0.2, 0.25) is 0 Å². The zero-order valence-electron chi connectivity index (χ0n) is 12.3. The number of aryl methyl sites for hydroxylation is 1. The predicted molar refractivity (Wildman–Crippen MR) is 77.2 cm³/mol. The Kier molecular flexibility index (Phi) is 4.17. The van der Waals surface area contributed by atoms with Gasteiger partial charge in [0, 0.05) is 18.1 Å². The zero-order valence-corrected chi connectivity index (χ0v) is 12.3. The maximum absolute atomic E-state index is 12.1. The van der Waals surface area contributed by atoms with E-state index in [2.05, 4.69) is 15.4 Å². The summed E-state index contributed by atoms with van der Waals surface area (Å²) < 4.78 is 1.75. The first-order chi connectivity index (χ1) is 9.49. The fraction of sp³-hybridized carbons (Fsp3) is 0.400. The van der Waals surface area contributed by atoms with Crippen LogP contribution >= 0.6 is 0 Å². The van der Waals surface area contributed by atoms with Crippen molar-refractivity contribution in [1.29, 1.82) is 0 Å². The lowest BCUT2D eigenvalue weighted by Gasteiger charge is -2.14. The largest absolute Gasteiger partial charge is 0.348 e. The van der Waals surface area contributed by atoms with Crippen molar-refractivity contribution in [3.05, 3.63) is 47.0 Å². The SMILES string of the molecule is Cc1nn(CC(=O)N[C@H](C)c2cccnc2)c(C)c1C. The number of nitrogens with one attached hydrogen (secondary N) is 1. The van der Waals surface area contributed by atoms with Crippen LogP contribution in [0.4, 0.5) is 0 Å². The Hall–Kier alpha value is -2.17. The van der Waals surface area contributed by atoms with Crippen LogP contribution in [0.3, 0.4) is 0 Å². The minimum atomic E-state index is -0.0609. The topological polar surface area (TPSA) is 59.8 Å². The molecule has 0 spiro atoms. The first kappa shape index (κ1) is 14.2. The molecule has 0 aromatic carbocycles. The maximum Gasteiger partial charge on any atom is 0.242 e. The highest BCUT2D eigenvalue weighted by Crippen LogP contribution is 2.12. The van der Waals surface area contributed by atoms with Crippen LogP contribution < -0.4 is 5.32 Å². The van der Waals surface area contributed by atoms with E-state index in [0.29, 0.717) is 0 Å². The van der Waals surface area contributed by atoms with E-state index < -0.39 is 0 Å². The van der Waals surface area contributed by atoms with Crippen LogP contribution in [0.5, 0.6) is 0 Å². The number of nitrogens with zero attached hydrogens (tertiary/aromatic N) is 3. The van der Waals surface area contributed by atoms with Gasteiger partial charge in [-0.05, 0) is 44.9 Å². The molecule has 0 radical (unpaired) electrons. The van der Waals surface area contributed by atoms with Gasteiger partial charge in [-0.25, -0.2) is 0 Å². The van der Waals surface area contributed by atoms with E-state index in [1.165, 1.54) is 0 Å². The molecule has 1 atom stereocenters. The molecule has 2 aromatic heterocycles. The Morgan fingerprint density at radius 2 is 2.15 bits per heavy atom. The fourth-order valence-electron chi connectivity index (χ4n) is 2.08. The molecule has 2 heterocycles. The summed E-state index contributed by atoms with van der Waals surface area (Å²) in [6.07, 6.45) is 3.48. The van der Waals surface area contributed by atoms with Gasteiger partial charge in [0.15, 0.2) is 0 Å². The minimum absolute atomic E-state index is 0.0491. The van der Waals surface area contributed by atoms with Gasteiger partial charge in [-0.15, -0.1) is 0 Å². The number of hydrogen-bond donors (Lipinski definition) is 1. The molecule has 5 nitrogen and oxygen atoms in total. The molecular formula is C15H20N4O. The number of carbonyl (C=O) groups is 1. The van der Waals surface area contributed by atoms with Crippen LogP contribution in [0, 0.1) is 20.8 Å². The second kappa shape index (κ2) is 5.86. The van der Waals surface area contributed by atoms with Gasteiger partial charge in [0.1, 0.15) is 6.54 Å². The summed E-state index contributed by atoms with van der Waals surface area (Å²) in [5.74, 6) is -0.0491. The van der Waals surface area contributed by atoms with Gasteiger partial charge in [-0.2, -0.15) is 5.10 Å². The monoisotopic (exact) mass is 272 g/mol. The van der Waals surface area contributed by atoms with E-state index >= 15 is 0 Å². The quantitative estimate of drug-likeness (QED) is 0.927. The highest BCUT2D eigenvalue weighted by Gasteiger charge is 2.13. The second-order valence-electron chi connectivity index (χ2n) is 5.03. The molecule has 0 fully saturated rings. The van der Waals surface area contributed by atoms with E-state index in [1.54, 1.807) is 17.1 Å². The molecule has 2 rings (SSSR count). The lowest BCUT2D eigenvalue weighted by molar-refractivity contribution is -0.122. The fourth-order valence-corrected chi connectivity index (χ4v) is 2.08. The number of amides is 1. The molecule has 1 amide bonds. The highest BCUT2D eigenvalue weighted by atomic mass is 16.2. The average molecular weight is 272 g/mol. The molecule has 2 aromatic rings. The van der Waals surface area contributed by atoms with E-state index in [1.807, 2.05) is 39.8 Å².